The number of rotatable bonds is 2. The molecule has 5 heteroatoms. The van der Waals surface area contributed by atoms with E-state index in [2.05, 4.69) is 25.7 Å². The molecule has 2 heterocycles. The van der Waals surface area contributed by atoms with Crippen LogP contribution >= 0.6 is 0 Å². The van der Waals surface area contributed by atoms with Crippen LogP contribution in [-0.2, 0) is 11.8 Å². The van der Waals surface area contributed by atoms with E-state index in [9.17, 15) is 9.59 Å². The second kappa shape index (κ2) is 5.16. The fourth-order valence-electron chi connectivity index (χ4n) is 3.24. The van der Waals surface area contributed by atoms with Crippen LogP contribution < -0.4 is 11.0 Å². The van der Waals surface area contributed by atoms with E-state index in [-0.39, 0.29) is 13.0 Å². The Kier molecular flexibility index (Phi) is 3.43. The van der Waals surface area contributed by atoms with E-state index in [0.717, 1.165) is 22.3 Å². The van der Waals surface area contributed by atoms with Gasteiger partial charge in [-0.1, -0.05) is 32.6 Å². The zero-order valence-corrected chi connectivity index (χ0v) is 13.2. The minimum atomic E-state index is -0.468. The van der Waals surface area contributed by atoms with Crippen molar-refractivity contribution in [2.45, 2.75) is 38.6 Å². The van der Waals surface area contributed by atoms with E-state index in [1.165, 1.54) is 0 Å². The molecule has 1 aliphatic rings. The summed E-state index contributed by atoms with van der Waals surface area (Å²) in [4.78, 5) is 25.0. The molecule has 3 rings (SSSR count). The lowest BCUT2D eigenvalue weighted by molar-refractivity contribution is -0.124. The van der Waals surface area contributed by atoms with Gasteiger partial charge in [-0.25, -0.2) is 4.79 Å². The Labute approximate surface area is 130 Å². The molecular weight excluding hydrogens is 278 g/mol. The number of amides is 1. The second-order valence-electron chi connectivity index (χ2n) is 6.23. The van der Waals surface area contributed by atoms with Gasteiger partial charge in [-0.3, -0.25) is 13.9 Å². The van der Waals surface area contributed by atoms with Gasteiger partial charge in [0.05, 0.1) is 11.0 Å². The maximum Gasteiger partial charge on any atom is 0.329 e. The van der Waals surface area contributed by atoms with E-state index in [0.29, 0.717) is 18.8 Å². The number of benzene rings is 1. The number of carbonyl (C=O) groups excluding carboxylic acids is 1. The van der Waals surface area contributed by atoms with Crippen molar-refractivity contribution < 1.29 is 6.22 Å². The number of imidazole rings is 1. The van der Waals surface area contributed by atoms with Crippen LogP contribution in [0.25, 0.3) is 11.0 Å². The first kappa shape index (κ1) is 14.6. The number of allylic oxidation sites excluding steroid dienone is 1. The Balaban J connectivity index is 0.00000192. The molecule has 0 bridgehead atoms. The van der Waals surface area contributed by atoms with Crippen LogP contribution in [0.5, 0.6) is 0 Å². The Bertz CT molecular complexity index is 832. The molecule has 1 aromatic carbocycles. The molecule has 5 nitrogen and oxygen atoms in total. The molecule has 0 radical (unpaired) electrons. The summed E-state index contributed by atoms with van der Waals surface area (Å²) in [5, 5.41) is 2.76. The van der Waals surface area contributed by atoms with E-state index in [4.69, 9.17) is 0 Å². The Hall–Kier alpha value is -2.30. The van der Waals surface area contributed by atoms with Crippen molar-refractivity contribution in [3.05, 3.63) is 46.5 Å². The van der Waals surface area contributed by atoms with Gasteiger partial charge in [0.25, 0.3) is 0 Å². The molecule has 1 saturated heterocycles. The average Bonchev–Trinajstić information content (AvgIpc) is 2.72. The van der Waals surface area contributed by atoms with Gasteiger partial charge in [-0.05, 0) is 30.4 Å². The van der Waals surface area contributed by atoms with Gasteiger partial charge in [0.2, 0.25) is 5.91 Å². The highest BCUT2D eigenvalue weighted by atomic mass is 16.2. The van der Waals surface area contributed by atoms with Crippen molar-refractivity contribution in [3.8, 4) is 0 Å². The number of nitrogens with zero attached hydrogens (tertiary/aromatic N) is 2. The maximum atomic E-state index is 12.7. The lowest BCUT2D eigenvalue weighted by Crippen LogP contribution is -2.40. The highest BCUT2D eigenvalue weighted by molar-refractivity contribution is 5.87. The minimum Gasteiger partial charge on any atom is -0.329 e. The molecule has 1 atom stereocenters. The Morgan fingerprint density at radius 2 is 2.09 bits per heavy atom. The average molecular weight is 301 g/mol. The molecule has 0 saturated carbocycles. The lowest BCUT2D eigenvalue weighted by Gasteiger charge is -2.24. The zero-order valence-electron chi connectivity index (χ0n) is 13.2. The third-order valence-corrected chi connectivity index (χ3v) is 4.39. The molecule has 118 valence electrons. The highest BCUT2D eigenvalue weighted by Gasteiger charge is 2.29. The Morgan fingerprint density at radius 1 is 1.36 bits per heavy atom. The molecular formula is C17H23N3O2. The largest absolute Gasteiger partial charge is 0.329 e. The summed E-state index contributed by atoms with van der Waals surface area (Å²) in [5.41, 5.74) is 3.44. The first-order valence-corrected chi connectivity index (χ1v) is 7.60. The second-order valence-corrected chi connectivity index (χ2v) is 6.23. The van der Waals surface area contributed by atoms with Crippen LogP contribution in [0, 0.1) is 0 Å². The van der Waals surface area contributed by atoms with Crippen LogP contribution in [-0.4, -0.2) is 15.0 Å². The summed E-state index contributed by atoms with van der Waals surface area (Å²) in [5.74, 6) is 0.158. The predicted octanol–water partition coefficient (Wildman–Crippen LogP) is 2.67. The summed E-state index contributed by atoms with van der Waals surface area (Å²) in [7, 11) is 1.77. The van der Waals surface area contributed by atoms with Gasteiger partial charge >= 0.3 is 5.69 Å². The van der Waals surface area contributed by atoms with Gasteiger partial charge in [0, 0.05) is 14.2 Å². The van der Waals surface area contributed by atoms with E-state index in [1.807, 2.05) is 18.2 Å². The van der Waals surface area contributed by atoms with Crippen molar-refractivity contribution in [1.82, 2.24) is 14.5 Å². The molecule has 1 aromatic heterocycles. The van der Waals surface area contributed by atoms with Crippen molar-refractivity contribution in [2.24, 2.45) is 7.05 Å². The van der Waals surface area contributed by atoms with E-state index >= 15 is 0 Å². The third-order valence-electron chi connectivity index (χ3n) is 4.39. The fourth-order valence-corrected chi connectivity index (χ4v) is 3.24. The predicted molar refractivity (Wildman–Crippen MR) is 88.9 cm³/mol. The summed E-state index contributed by atoms with van der Waals surface area (Å²) in [6.45, 7) is 8.01. The van der Waals surface area contributed by atoms with Gasteiger partial charge in [-0.15, -0.1) is 0 Å². The van der Waals surface area contributed by atoms with Crippen LogP contribution in [0.2, 0.25) is 0 Å². The number of hydrogen-bond acceptors (Lipinski definition) is 2. The number of para-hydroxylation sites is 1. The van der Waals surface area contributed by atoms with E-state index < -0.39 is 6.04 Å². The SMILES string of the molecule is C=C1CCC(n2c(=O)n(C)c3c(C(C)C)cccc32)C(=O)N1.[HH]. The van der Waals surface area contributed by atoms with Crippen molar-refractivity contribution in [1.29, 1.82) is 0 Å². The van der Waals surface area contributed by atoms with Crippen molar-refractivity contribution in [3.63, 3.8) is 0 Å². The van der Waals surface area contributed by atoms with Crippen LogP contribution in [0.3, 0.4) is 0 Å². The molecule has 0 spiro atoms. The quantitative estimate of drug-likeness (QED) is 0.927. The molecule has 1 unspecified atom stereocenters. The summed E-state index contributed by atoms with van der Waals surface area (Å²) in [6, 6.07) is 5.44. The molecule has 1 aliphatic heterocycles. The monoisotopic (exact) mass is 301 g/mol. The third kappa shape index (κ3) is 2.08. The number of carbonyl (C=O) groups is 1. The number of fused-ring (bicyclic) bond motifs is 1. The molecule has 22 heavy (non-hydrogen) atoms. The summed E-state index contributed by atoms with van der Waals surface area (Å²) < 4.78 is 3.28. The van der Waals surface area contributed by atoms with Crippen LogP contribution in [0.1, 0.15) is 45.6 Å². The summed E-state index contributed by atoms with van der Waals surface area (Å²) >= 11 is 0. The topological polar surface area (TPSA) is 56.0 Å². The Morgan fingerprint density at radius 3 is 2.73 bits per heavy atom. The highest BCUT2D eigenvalue weighted by Crippen LogP contribution is 2.29. The normalized spacial score (nSPS) is 19.0. The molecule has 1 N–H and O–H groups in total. The van der Waals surface area contributed by atoms with Gasteiger partial charge < -0.3 is 5.32 Å². The first-order valence-electron chi connectivity index (χ1n) is 7.60. The lowest BCUT2D eigenvalue weighted by atomic mass is 10.0. The zero-order chi connectivity index (χ0) is 16.0. The van der Waals surface area contributed by atoms with E-state index in [1.54, 1.807) is 16.2 Å². The number of aromatic nitrogens is 2. The molecule has 2 aromatic rings. The molecule has 1 amide bonds. The number of hydrogen-bond donors (Lipinski definition) is 1. The molecule has 1 fully saturated rings. The standard InChI is InChI=1S/C17H21N3O2.H2/c1-10(2)12-6-5-7-13-15(12)19(4)17(22)20(13)14-9-8-11(3)18-16(14)21;/h5-7,10,14H,3,8-9H2,1-2,4H3,(H,18,21);1H. The minimum absolute atomic E-state index is 0. The maximum absolute atomic E-state index is 12.7. The summed E-state index contributed by atoms with van der Waals surface area (Å²) in [6.07, 6.45) is 1.30. The van der Waals surface area contributed by atoms with Gasteiger partial charge in [-0.2, -0.15) is 0 Å². The molecule has 0 aliphatic carbocycles. The van der Waals surface area contributed by atoms with Crippen molar-refractivity contribution in [2.75, 3.05) is 0 Å². The number of piperidine rings is 1. The fraction of sp³-hybridized carbons (Fsp3) is 0.412. The van der Waals surface area contributed by atoms with Crippen molar-refractivity contribution >= 4 is 16.9 Å². The number of aryl methyl sites for hydroxylation is 1. The first-order chi connectivity index (χ1) is 10.4. The van der Waals surface area contributed by atoms with Gasteiger partial charge in [0.1, 0.15) is 6.04 Å². The van der Waals surface area contributed by atoms with Gasteiger partial charge in [0.15, 0.2) is 0 Å². The number of nitrogens with one attached hydrogen (secondary N) is 1. The smallest absolute Gasteiger partial charge is 0.329 e. The van der Waals surface area contributed by atoms with Crippen LogP contribution in [0.15, 0.2) is 35.3 Å². The van der Waals surface area contributed by atoms with Crippen LogP contribution in [0.4, 0.5) is 0 Å².